The van der Waals surface area contributed by atoms with Gasteiger partial charge in [-0.2, -0.15) is 11.8 Å². The summed E-state index contributed by atoms with van der Waals surface area (Å²) >= 11 is 1.80. The van der Waals surface area contributed by atoms with E-state index < -0.39 is 0 Å². The summed E-state index contributed by atoms with van der Waals surface area (Å²) in [5, 5.41) is 11.3. The highest BCUT2D eigenvalue weighted by Gasteiger charge is 2.03. The van der Waals surface area contributed by atoms with E-state index in [1.165, 1.54) is 0 Å². The third-order valence-corrected chi connectivity index (χ3v) is 2.16. The Hall–Kier alpha value is -0.420. The van der Waals surface area contributed by atoms with Crippen LogP contribution in [0.4, 0.5) is 0 Å². The highest BCUT2D eigenvalue weighted by atomic mass is 32.2. The van der Waals surface area contributed by atoms with Crippen molar-refractivity contribution in [2.75, 3.05) is 31.6 Å². The molecule has 0 aromatic carbocycles. The molecule has 0 aliphatic carbocycles. The van der Waals surface area contributed by atoms with Crippen LogP contribution in [0.1, 0.15) is 6.92 Å². The van der Waals surface area contributed by atoms with E-state index in [0.717, 1.165) is 18.8 Å². The molecule has 0 saturated heterocycles. The molecule has 5 heteroatoms. The van der Waals surface area contributed by atoms with Crippen molar-refractivity contribution in [3.63, 3.8) is 0 Å². The summed E-state index contributed by atoms with van der Waals surface area (Å²) in [7, 11) is 0. The third kappa shape index (κ3) is 5.26. The largest absolute Gasteiger partial charge is 0.409 e. The quantitative estimate of drug-likeness (QED) is 0.276. The Kier molecular flexibility index (Phi) is 6.99. The van der Waals surface area contributed by atoms with Gasteiger partial charge in [-0.25, -0.2) is 0 Å². The summed E-state index contributed by atoms with van der Waals surface area (Å²) in [5.41, 5.74) is 5.37. The molecular weight excluding hydrogens is 174 g/mol. The summed E-state index contributed by atoms with van der Waals surface area (Å²) in [6.45, 7) is 4.52. The molecule has 0 aromatic heterocycles. The number of thioether (sulfide) groups is 1. The number of nitrogens with zero attached hydrogens (tertiary/aromatic N) is 2. The molecule has 0 aromatic rings. The van der Waals surface area contributed by atoms with Gasteiger partial charge in [-0.15, -0.1) is 0 Å². The number of oxime groups is 1. The molecular formula is C7H17N3OS. The Bertz CT molecular complexity index is 141. The second-order valence-corrected chi connectivity index (χ2v) is 3.44. The molecule has 0 rings (SSSR count). The second-order valence-electron chi connectivity index (χ2n) is 2.45. The van der Waals surface area contributed by atoms with Crippen LogP contribution in [0.2, 0.25) is 0 Å². The van der Waals surface area contributed by atoms with Gasteiger partial charge in [0, 0.05) is 12.3 Å². The lowest BCUT2D eigenvalue weighted by Gasteiger charge is -2.18. The lowest BCUT2D eigenvalue weighted by atomic mass is 10.4. The molecule has 0 spiro atoms. The topological polar surface area (TPSA) is 61.8 Å². The van der Waals surface area contributed by atoms with Crippen molar-refractivity contribution < 1.29 is 5.21 Å². The van der Waals surface area contributed by atoms with Crippen molar-refractivity contribution in [2.45, 2.75) is 6.92 Å². The standard InChI is InChI=1S/C7H17N3OS/c1-3-10(4-5-12-2)6-7(8)9-11/h11H,3-6H2,1-2H3,(H2,8,9). The summed E-state index contributed by atoms with van der Waals surface area (Å²) in [6, 6.07) is 0. The van der Waals surface area contributed by atoms with Crippen LogP contribution in [0.5, 0.6) is 0 Å². The number of rotatable bonds is 6. The van der Waals surface area contributed by atoms with Crippen molar-refractivity contribution in [3.8, 4) is 0 Å². The first-order valence-corrected chi connectivity index (χ1v) is 5.31. The fraction of sp³-hybridized carbons (Fsp3) is 0.857. The summed E-state index contributed by atoms with van der Waals surface area (Å²) in [5.74, 6) is 1.35. The van der Waals surface area contributed by atoms with E-state index in [9.17, 15) is 0 Å². The first-order valence-electron chi connectivity index (χ1n) is 3.92. The molecule has 0 aliphatic rings. The van der Waals surface area contributed by atoms with Gasteiger partial charge in [-0.3, -0.25) is 4.90 Å². The number of amidine groups is 1. The van der Waals surface area contributed by atoms with Crippen molar-refractivity contribution in [1.82, 2.24) is 4.90 Å². The molecule has 0 unspecified atom stereocenters. The van der Waals surface area contributed by atoms with Crippen LogP contribution in [-0.2, 0) is 0 Å². The van der Waals surface area contributed by atoms with E-state index in [0.29, 0.717) is 6.54 Å². The summed E-state index contributed by atoms with van der Waals surface area (Å²) < 4.78 is 0. The molecule has 0 fully saturated rings. The van der Waals surface area contributed by atoms with Gasteiger partial charge in [0.05, 0.1) is 6.54 Å². The minimum absolute atomic E-state index is 0.276. The van der Waals surface area contributed by atoms with Gasteiger partial charge >= 0.3 is 0 Å². The van der Waals surface area contributed by atoms with Crippen LogP contribution in [0, 0.1) is 0 Å². The van der Waals surface area contributed by atoms with E-state index in [2.05, 4.69) is 23.2 Å². The molecule has 0 heterocycles. The Labute approximate surface area is 77.8 Å². The zero-order valence-corrected chi connectivity index (χ0v) is 8.47. The lowest BCUT2D eigenvalue weighted by molar-refractivity contribution is 0.304. The second kappa shape index (κ2) is 7.24. The average Bonchev–Trinajstić information content (AvgIpc) is 2.11. The highest BCUT2D eigenvalue weighted by molar-refractivity contribution is 7.98. The van der Waals surface area contributed by atoms with Crippen LogP contribution >= 0.6 is 11.8 Å². The monoisotopic (exact) mass is 191 g/mol. The van der Waals surface area contributed by atoms with E-state index in [1.54, 1.807) is 11.8 Å². The van der Waals surface area contributed by atoms with Crippen molar-refractivity contribution in [2.24, 2.45) is 10.9 Å². The van der Waals surface area contributed by atoms with Gasteiger partial charge in [-0.05, 0) is 12.8 Å². The minimum Gasteiger partial charge on any atom is -0.409 e. The predicted molar refractivity (Wildman–Crippen MR) is 53.9 cm³/mol. The molecule has 4 nitrogen and oxygen atoms in total. The smallest absolute Gasteiger partial charge is 0.153 e. The fourth-order valence-corrected chi connectivity index (χ4v) is 1.27. The SMILES string of the molecule is CCN(CCSC)CC(N)=NO. The summed E-state index contributed by atoms with van der Waals surface area (Å²) in [4.78, 5) is 2.13. The Morgan fingerprint density at radius 1 is 1.67 bits per heavy atom. The zero-order valence-electron chi connectivity index (χ0n) is 7.66. The van der Waals surface area contributed by atoms with Crippen LogP contribution in [0.3, 0.4) is 0 Å². The van der Waals surface area contributed by atoms with Gasteiger partial charge in [-0.1, -0.05) is 12.1 Å². The van der Waals surface area contributed by atoms with E-state index in [4.69, 9.17) is 10.9 Å². The number of nitrogens with two attached hydrogens (primary N) is 1. The number of hydrogen-bond acceptors (Lipinski definition) is 4. The van der Waals surface area contributed by atoms with E-state index in [1.807, 2.05) is 0 Å². The minimum atomic E-state index is 0.276. The molecule has 0 aliphatic heterocycles. The van der Waals surface area contributed by atoms with Crippen LogP contribution in [0.15, 0.2) is 5.16 Å². The Balaban J connectivity index is 3.67. The lowest BCUT2D eigenvalue weighted by Crippen LogP contribution is -2.35. The Morgan fingerprint density at radius 2 is 2.33 bits per heavy atom. The highest BCUT2D eigenvalue weighted by Crippen LogP contribution is 1.94. The molecule has 0 bridgehead atoms. The first kappa shape index (κ1) is 11.6. The maximum atomic E-state index is 8.34. The molecule has 12 heavy (non-hydrogen) atoms. The normalized spacial score (nSPS) is 12.4. The number of likely N-dealkylation sites (N-methyl/N-ethyl adjacent to an activating group) is 1. The van der Waals surface area contributed by atoms with Crippen LogP contribution < -0.4 is 5.73 Å². The molecule has 3 N–H and O–H groups in total. The van der Waals surface area contributed by atoms with Gasteiger partial charge < -0.3 is 10.9 Å². The zero-order chi connectivity index (χ0) is 9.40. The van der Waals surface area contributed by atoms with Crippen molar-refractivity contribution >= 4 is 17.6 Å². The predicted octanol–water partition coefficient (Wildman–Crippen LogP) is 0.418. The maximum absolute atomic E-state index is 8.34. The molecule has 0 radical (unpaired) electrons. The fourth-order valence-electron chi connectivity index (χ4n) is 0.830. The van der Waals surface area contributed by atoms with E-state index in [-0.39, 0.29) is 5.84 Å². The third-order valence-electron chi connectivity index (χ3n) is 1.57. The molecule has 0 saturated carbocycles. The van der Waals surface area contributed by atoms with Gasteiger partial charge in [0.25, 0.3) is 0 Å². The van der Waals surface area contributed by atoms with Gasteiger partial charge in [0.15, 0.2) is 5.84 Å². The van der Waals surface area contributed by atoms with Crippen LogP contribution in [0.25, 0.3) is 0 Å². The van der Waals surface area contributed by atoms with Crippen molar-refractivity contribution in [3.05, 3.63) is 0 Å². The van der Waals surface area contributed by atoms with Gasteiger partial charge in [0.2, 0.25) is 0 Å². The van der Waals surface area contributed by atoms with Crippen LogP contribution in [-0.4, -0.2) is 47.6 Å². The molecule has 72 valence electrons. The molecule has 0 atom stereocenters. The van der Waals surface area contributed by atoms with E-state index >= 15 is 0 Å². The Morgan fingerprint density at radius 3 is 2.75 bits per heavy atom. The average molecular weight is 191 g/mol. The first-order chi connectivity index (χ1) is 5.74. The maximum Gasteiger partial charge on any atom is 0.153 e. The summed E-state index contributed by atoms with van der Waals surface area (Å²) in [6.07, 6.45) is 2.07. The van der Waals surface area contributed by atoms with Gasteiger partial charge in [0.1, 0.15) is 0 Å². The van der Waals surface area contributed by atoms with Crippen molar-refractivity contribution in [1.29, 1.82) is 0 Å². The molecule has 0 amide bonds. The number of hydrogen-bond donors (Lipinski definition) is 2.